The Hall–Kier alpha value is -1.92. The zero-order chi connectivity index (χ0) is 24.8. The molecule has 13 heteroatoms. The third-order valence-corrected chi connectivity index (χ3v) is 7.66. The van der Waals surface area contributed by atoms with Crippen molar-refractivity contribution in [2.24, 2.45) is 0 Å². The first-order chi connectivity index (χ1) is 15.4. The number of hydrogen-bond acceptors (Lipinski definition) is 6. The quantitative estimate of drug-likeness (QED) is 0.268. The minimum atomic E-state index is -3.81. The summed E-state index contributed by atoms with van der Waals surface area (Å²) in [6.07, 6.45) is 1.18. The van der Waals surface area contributed by atoms with Gasteiger partial charge in [0, 0.05) is 32.2 Å². The maximum Gasteiger partial charge on any atom is 0.257 e. The van der Waals surface area contributed by atoms with Crippen LogP contribution >= 0.6 is 23.2 Å². The van der Waals surface area contributed by atoms with Crippen LogP contribution in [0.25, 0.3) is 0 Å². The number of carbonyl (C=O) groups excluding carboxylic acids is 3. The van der Waals surface area contributed by atoms with Gasteiger partial charge in [0.2, 0.25) is 21.8 Å². The standard InChI is InChI=1S/C20H29Cl2N5O5S/c1-12-6-7-15(10-17(12)33(31,32)25-9-5-4-8-23-14(3)28)26-19(29)13(2)27-20(30)18(22)16(21)11-24-27/h6-7,10,13,16,18,24-25H,4-5,8-9,11H2,1-3H3,(H,23,28)(H,26,29)/t13-,16?,18?/m1/s1. The Morgan fingerprint density at radius 3 is 2.58 bits per heavy atom. The molecule has 0 bridgehead atoms. The highest BCUT2D eigenvalue weighted by atomic mass is 35.5. The molecule has 1 aromatic rings. The van der Waals surface area contributed by atoms with Gasteiger partial charge in [-0.15, -0.1) is 23.2 Å². The molecule has 0 aromatic heterocycles. The van der Waals surface area contributed by atoms with Gasteiger partial charge in [-0.25, -0.2) is 18.6 Å². The van der Waals surface area contributed by atoms with Gasteiger partial charge in [-0.2, -0.15) is 0 Å². The molecule has 1 heterocycles. The lowest BCUT2D eigenvalue weighted by molar-refractivity contribution is -0.143. The Kier molecular flexibility index (Phi) is 9.92. The summed E-state index contributed by atoms with van der Waals surface area (Å²) in [5.41, 5.74) is 3.56. The normalized spacial score (nSPS) is 19.8. The SMILES string of the molecule is CC(=O)NCCCCNS(=O)(=O)c1cc(NC(=O)[C@@H](C)N2NCC(Cl)C(Cl)C2=O)ccc1C. The van der Waals surface area contributed by atoms with E-state index in [1.807, 2.05) is 0 Å². The fourth-order valence-corrected chi connectivity index (χ4v) is 4.83. The monoisotopic (exact) mass is 521 g/mol. The Bertz CT molecular complexity index is 991. The lowest BCUT2D eigenvalue weighted by Crippen LogP contribution is -2.62. The van der Waals surface area contributed by atoms with Gasteiger partial charge in [0.15, 0.2) is 0 Å². The molecule has 1 fully saturated rings. The molecule has 2 unspecified atom stereocenters. The lowest BCUT2D eigenvalue weighted by atomic mass is 10.2. The number of hydrazine groups is 1. The molecule has 10 nitrogen and oxygen atoms in total. The molecule has 4 N–H and O–H groups in total. The summed E-state index contributed by atoms with van der Waals surface area (Å²) in [4.78, 5) is 35.9. The number of sulfonamides is 1. The van der Waals surface area contributed by atoms with Crippen LogP contribution in [-0.4, -0.2) is 67.6 Å². The van der Waals surface area contributed by atoms with E-state index in [9.17, 15) is 22.8 Å². The van der Waals surface area contributed by atoms with Crippen molar-refractivity contribution < 1.29 is 22.8 Å². The van der Waals surface area contributed by atoms with Crippen LogP contribution in [0.5, 0.6) is 0 Å². The molecule has 3 amide bonds. The third kappa shape index (κ3) is 7.54. The van der Waals surface area contributed by atoms with Gasteiger partial charge in [0.25, 0.3) is 5.91 Å². The summed E-state index contributed by atoms with van der Waals surface area (Å²) in [6, 6.07) is 3.62. The molecule has 3 atom stereocenters. The van der Waals surface area contributed by atoms with Crippen LogP contribution in [0.3, 0.4) is 0 Å². The Balaban J connectivity index is 2.01. The van der Waals surface area contributed by atoms with Crippen LogP contribution in [-0.2, 0) is 24.4 Å². The Morgan fingerprint density at radius 2 is 1.91 bits per heavy atom. The van der Waals surface area contributed by atoms with E-state index in [2.05, 4.69) is 20.8 Å². The minimum absolute atomic E-state index is 0.0350. The molecule has 0 radical (unpaired) electrons. The van der Waals surface area contributed by atoms with Gasteiger partial charge in [-0.05, 0) is 44.4 Å². The number of halogens is 2. The van der Waals surface area contributed by atoms with E-state index in [0.29, 0.717) is 24.9 Å². The molecule has 0 spiro atoms. The second-order valence-electron chi connectivity index (χ2n) is 7.72. The smallest absolute Gasteiger partial charge is 0.257 e. The molecular weight excluding hydrogens is 493 g/mol. The lowest BCUT2D eigenvalue weighted by Gasteiger charge is -2.36. The van der Waals surface area contributed by atoms with E-state index in [-0.39, 0.29) is 29.6 Å². The van der Waals surface area contributed by atoms with E-state index in [1.54, 1.807) is 19.1 Å². The van der Waals surface area contributed by atoms with Gasteiger partial charge in [0.05, 0.1) is 10.3 Å². The average Bonchev–Trinajstić information content (AvgIpc) is 2.75. The molecule has 33 heavy (non-hydrogen) atoms. The largest absolute Gasteiger partial charge is 0.356 e. The number of alkyl halides is 2. The first kappa shape index (κ1) is 27.3. The summed E-state index contributed by atoms with van der Waals surface area (Å²) in [5, 5.41) is 4.87. The van der Waals surface area contributed by atoms with E-state index >= 15 is 0 Å². The summed E-state index contributed by atoms with van der Waals surface area (Å²) in [5.74, 6) is -1.17. The van der Waals surface area contributed by atoms with Crippen molar-refractivity contribution in [2.45, 2.75) is 55.3 Å². The van der Waals surface area contributed by atoms with Gasteiger partial charge < -0.3 is 10.6 Å². The Labute approximate surface area is 203 Å². The number of anilines is 1. The number of rotatable bonds is 10. The number of amides is 3. The van der Waals surface area contributed by atoms with Crippen molar-refractivity contribution in [3.8, 4) is 0 Å². The van der Waals surface area contributed by atoms with Gasteiger partial charge in [-0.1, -0.05) is 6.07 Å². The summed E-state index contributed by atoms with van der Waals surface area (Å²) in [7, 11) is -3.81. The van der Waals surface area contributed by atoms with Crippen molar-refractivity contribution in [1.29, 1.82) is 0 Å². The maximum absolute atomic E-state index is 12.7. The highest BCUT2D eigenvalue weighted by Gasteiger charge is 2.38. The summed E-state index contributed by atoms with van der Waals surface area (Å²) in [6.45, 7) is 5.50. The van der Waals surface area contributed by atoms with E-state index in [4.69, 9.17) is 23.2 Å². The topological polar surface area (TPSA) is 137 Å². The maximum atomic E-state index is 12.7. The molecule has 0 aliphatic carbocycles. The van der Waals surface area contributed by atoms with Crippen LogP contribution in [0, 0.1) is 6.92 Å². The number of unbranched alkanes of at least 4 members (excludes halogenated alkanes) is 1. The predicted octanol–water partition coefficient (Wildman–Crippen LogP) is 1.08. The molecule has 1 saturated heterocycles. The zero-order valence-corrected chi connectivity index (χ0v) is 21.0. The van der Waals surface area contributed by atoms with Crippen LogP contribution in [0.2, 0.25) is 0 Å². The van der Waals surface area contributed by atoms with Crippen LogP contribution in [0.1, 0.15) is 32.3 Å². The van der Waals surface area contributed by atoms with E-state index < -0.39 is 38.6 Å². The van der Waals surface area contributed by atoms with Crippen LogP contribution in [0.4, 0.5) is 5.69 Å². The van der Waals surface area contributed by atoms with Gasteiger partial charge >= 0.3 is 0 Å². The Morgan fingerprint density at radius 1 is 1.24 bits per heavy atom. The van der Waals surface area contributed by atoms with Crippen LogP contribution < -0.4 is 20.8 Å². The summed E-state index contributed by atoms with van der Waals surface area (Å²) < 4.78 is 28.0. The molecule has 1 aromatic carbocycles. The minimum Gasteiger partial charge on any atom is -0.356 e. The fourth-order valence-electron chi connectivity index (χ4n) is 3.11. The fraction of sp³-hybridized carbons (Fsp3) is 0.550. The first-order valence-corrected chi connectivity index (χ1v) is 12.8. The van der Waals surface area contributed by atoms with Crippen molar-refractivity contribution in [1.82, 2.24) is 20.5 Å². The molecule has 0 saturated carbocycles. The van der Waals surface area contributed by atoms with Gasteiger partial charge in [0.1, 0.15) is 11.4 Å². The number of nitrogens with one attached hydrogen (secondary N) is 4. The van der Waals surface area contributed by atoms with Gasteiger partial charge in [-0.3, -0.25) is 19.4 Å². The number of nitrogens with zero attached hydrogens (tertiary/aromatic N) is 1. The number of carbonyl (C=O) groups is 3. The summed E-state index contributed by atoms with van der Waals surface area (Å²) >= 11 is 12.0. The predicted molar refractivity (Wildman–Crippen MR) is 127 cm³/mol. The number of benzene rings is 1. The molecule has 2 rings (SSSR count). The molecular formula is C20H29Cl2N5O5S. The molecule has 184 valence electrons. The first-order valence-electron chi connectivity index (χ1n) is 10.4. The van der Waals surface area contributed by atoms with Crippen molar-refractivity contribution in [3.63, 3.8) is 0 Å². The van der Waals surface area contributed by atoms with Crippen molar-refractivity contribution >= 4 is 56.6 Å². The average molecular weight is 522 g/mol. The molecule has 1 aliphatic heterocycles. The second kappa shape index (κ2) is 12.0. The zero-order valence-electron chi connectivity index (χ0n) is 18.7. The van der Waals surface area contributed by atoms with Crippen molar-refractivity contribution in [3.05, 3.63) is 23.8 Å². The highest BCUT2D eigenvalue weighted by molar-refractivity contribution is 7.89. The van der Waals surface area contributed by atoms with E-state index in [1.165, 1.54) is 19.9 Å². The number of hydrogen-bond donors (Lipinski definition) is 4. The molecule has 1 aliphatic rings. The number of aryl methyl sites for hydroxylation is 1. The highest BCUT2D eigenvalue weighted by Crippen LogP contribution is 2.22. The van der Waals surface area contributed by atoms with Crippen LogP contribution in [0.15, 0.2) is 23.1 Å². The third-order valence-electron chi connectivity index (χ3n) is 5.03. The second-order valence-corrected chi connectivity index (χ2v) is 10.5. The van der Waals surface area contributed by atoms with E-state index in [0.717, 1.165) is 5.01 Å². The van der Waals surface area contributed by atoms with Crippen molar-refractivity contribution in [2.75, 3.05) is 25.0 Å².